The molecule has 1 heterocycles. The van der Waals surface area contributed by atoms with Crippen LogP contribution in [0.3, 0.4) is 0 Å². The zero-order valence-electron chi connectivity index (χ0n) is 11.8. The van der Waals surface area contributed by atoms with Crippen LogP contribution in [-0.4, -0.2) is 23.0 Å². The minimum Gasteiger partial charge on any atom is -0.465 e. The summed E-state index contributed by atoms with van der Waals surface area (Å²) in [6.45, 7) is 0. The number of esters is 1. The number of halogens is 1. The molecule has 1 aromatic heterocycles. The average molecular weight is 333 g/mol. The number of oxazole rings is 1. The molecule has 0 spiro atoms. The number of carbonyl (C=O) groups is 1. The van der Waals surface area contributed by atoms with Crippen molar-refractivity contribution in [1.29, 1.82) is 0 Å². The van der Waals surface area contributed by atoms with Crippen molar-refractivity contribution in [1.82, 2.24) is 4.98 Å². The minimum atomic E-state index is -0.743. The average Bonchev–Trinajstić information content (AvgIpc) is 2.97. The minimum absolute atomic E-state index is 0.0579. The van der Waals surface area contributed by atoms with Crippen LogP contribution in [-0.2, 0) is 4.74 Å². The third-order valence-electron chi connectivity index (χ3n) is 3.16. The summed E-state index contributed by atoms with van der Waals surface area (Å²) in [6.07, 6.45) is 0. The van der Waals surface area contributed by atoms with E-state index in [0.717, 1.165) is 6.07 Å². The van der Waals surface area contributed by atoms with Gasteiger partial charge in [-0.2, -0.15) is 0 Å². The Hall–Kier alpha value is -2.93. The van der Waals surface area contributed by atoms with Crippen molar-refractivity contribution in [2.75, 3.05) is 7.11 Å². The highest BCUT2D eigenvalue weighted by Gasteiger charge is 2.22. The summed E-state index contributed by atoms with van der Waals surface area (Å²) in [5.41, 5.74) is 0.570. The van der Waals surface area contributed by atoms with E-state index in [0.29, 0.717) is 10.6 Å². The molecular weight excluding hydrogens is 324 g/mol. The summed E-state index contributed by atoms with van der Waals surface area (Å²) in [5, 5.41) is 11.5. The number of non-ortho nitro benzene ring substituents is 1. The highest BCUT2D eigenvalue weighted by atomic mass is 35.5. The second kappa shape index (κ2) is 5.69. The zero-order valence-corrected chi connectivity index (χ0v) is 12.5. The topological polar surface area (TPSA) is 95.5 Å². The van der Waals surface area contributed by atoms with Crippen LogP contribution in [0, 0.1) is 10.1 Å². The monoisotopic (exact) mass is 332 g/mol. The van der Waals surface area contributed by atoms with Crippen LogP contribution in [0.4, 0.5) is 5.69 Å². The quantitative estimate of drug-likeness (QED) is 0.410. The fourth-order valence-corrected chi connectivity index (χ4v) is 2.32. The zero-order chi connectivity index (χ0) is 16.6. The summed E-state index contributed by atoms with van der Waals surface area (Å²) in [5.74, 6) is -0.541. The predicted octanol–water partition coefficient (Wildman–Crippen LogP) is 3.84. The Morgan fingerprint density at radius 1 is 1.35 bits per heavy atom. The second-order valence-corrected chi connectivity index (χ2v) is 5.06. The van der Waals surface area contributed by atoms with Crippen LogP contribution < -0.4 is 0 Å². The molecular formula is C15H9ClN2O5. The van der Waals surface area contributed by atoms with Crippen molar-refractivity contribution in [3.05, 3.63) is 57.1 Å². The van der Waals surface area contributed by atoms with Crippen molar-refractivity contribution >= 4 is 34.4 Å². The van der Waals surface area contributed by atoms with Crippen LogP contribution in [0.2, 0.25) is 5.02 Å². The molecule has 3 rings (SSSR count). The van der Waals surface area contributed by atoms with Gasteiger partial charge < -0.3 is 9.15 Å². The number of hydrogen-bond acceptors (Lipinski definition) is 6. The highest BCUT2D eigenvalue weighted by Crippen LogP contribution is 2.31. The Bertz CT molecular complexity index is 935. The first kappa shape index (κ1) is 15.0. The molecule has 0 saturated heterocycles. The smallest absolute Gasteiger partial charge is 0.342 e. The normalized spacial score (nSPS) is 10.7. The maximum atomic E-state index is 11.8. The van der Waals surface area contributed by atoms with E-state index in [4.69, 9.17) is 16.0 Å². The number of carbonyl (C=O) groups excluding carboxylic acids is 1. The molecule has 2 aromatic carbocycles. The molecule has 0 unspecified atom stereocenters. The number of aromatic nitrogens is 1. The van der Waals surface area contributed by atoms with E-state index in [1.165, 1.54) is 13.2 Å². The van der Waals surface area contributed by atoms with Crippen LogP contribution in [0.15, 0.2) is 40.8 Å². The Morgan fingerprint density at radius 3 is 2.78 bits per heavy atom. The lowest BCUT2D eigenvalue weighted by Crippen LogP contribution is -2.02. The number of fused-ring (bicyclic) bond motifs is 1. The van der Waals surface area contributed by atoms with Gasteiger partial charge in [-0.3, -0.25) is 10.1 Å². The summed E-state index contributed by atoms with van der Waals surface area (Å²) in [7, 11) is 1.18. The molecule has 0 bridgehead atoms. The Morgan fingerprint density at radius 2 is 2.13 bits per heavy atom. The maximum Gasteiger partial charge on any atom is 0.342 e. The molecule has 0 aliphatic heterocycles. The standard InChI is InChI=1S/C15H9ClN2O5/c1-22-15(19)11-6-10(18(20)21)7-12-13(11)23-14(17-12)8-3-2-4-9(16)5-8/h2-7H,1H3. The third kappa shape index (κ3) is 2.74. The van der Waals surface area contributed by atoms with Gasteiger partial charge in [-0.15, -0.1) is 0 Å². The predicted molar refractivity (Wildman–Crippen MR) is 82.4 cm³/mol. The fraction of sp³-hybridized carbons (Fsp3) is 0.0667. The highest BCUT2D eigenvalue weighted by molar-refractivity contribution is 6.30. The van der Waals surface area contributed by atoms with Crippen molar-refractivity contribution < 1.29 is 18.9 Å². The number of methoxy groups -OCH3 is 1. The Balaban J connectivity index is 2.25. The summed E-state index contributed by atoms with van der Waals surface area (Å²) >= 11 is 5.93. The molecule has 7 nitrogen and oxygen atoms in total. The van der Waals surface area contributed by atoms with Gasteiger partial charge in [-0.25, -0.2) is 9.78 Å². The van der Waals surface area contributed by atoms with E-state index in [-0.39, 0.29) is 28.2 Å². The summed E-state index contributed by atoms with van der Waals surface area (Å²) in [4.78, 5) is 26.5. The third-order valence-corrected chi connectivity index (χ3v) is 3.40. The van der Waals surface area contributed by atoms with Crippen LogP contribution in [0.25, 0.3) is 22.6 Å². The molecule has 0 atom stereocenters. The number of benzene rings is 2. The number of nitrogens with zero attached hydrogens (tertiary/aromatic N) is 2. The Labute approximate surface area is 134 Å². The van der Waals surface area contributed by atoms with Gasteiger partial charge in [0, 0.05) is 22.7 Å². The Kier molecular flexibility index (Phi) is 3.71. The number of nitro groups is 1. The van der Waals surface area contributed by atoms with E-state index >= 15 is 0 Å². The lowest BCUT2D eigenvalue weighted by Gasteiger charge is -1.99. The van der Waals surface area contributed by atoms with Crippen molar-refractivity contribution in [2.24, 2.45) is 0 Å². The second-order valence-electron chi connectivity index (χ2n) is 4.62. The van der Waals surface area contributed by atoms with Gasteiger partial charge in [0.25, 0.3) is 5.69 Å². The molecule has 0 fully saturated rings. The van der Waals surface area contributed by atoms with Crippen LogP contribution in [0.1, 0.15) is 10.4 Å². The van der Waals surface area contributed by atoms with E-state index in [2.05, 4.69) is 9.72 Å². The maximum absolute atomic E-state index is 11.8. The van der Waals surface area contributed by atoms with Gasteiger partial charge in [0.05, 0.1) is 12.0 Å². The van der Waals surface area contributed by atoms with E-state index in [9.17, 15) is 14.9 Å². The molecule has 3 aromatic rings. The molecule has 0 aliphatic carbocycles. The molecule has 0 radical (unpaired) electrons. The molecule has 0 aliphatic rings. The van der Waals surface area contributed by atoms with E-state index < -0.39 is 10.9 Å². The number of hydrogen-bond donors (Lipinski definition) is 0. The van der Waals surface area contributed by atoms with Crippen molar-refractivity contribution in [3.8, 4) is 11.5 Å². The van der Waals surface area contributed by atoms with Gasteiger partial charge in [0.2, 0.25) is 5.89 Å². The molecule has 0 amide bonds. The lowest BCUT2D eigenvalue weighted by atomic mass is 10.1. The number of rotatable bonds is 3. The van der Waals surface area contributed by atoms with Gasteiger partial charge >= 0.3 is 5.97 Å². The van der Waals surface area contributed by atoms with Gasteiger partial charge in [-0.1, -0.05) is 17.7 Å². The number of nitro benzene ring substituents is 1. The SMILES string of the molecule is COC(=O)c1cc([N+](=O)[O-])cc2nc(-c3cccc(Cl)c3)oc12. The summed E-state index contributed by atoms with van der Waals surface area (Å²) in [6, 6.07) is 9.11. The first-order chi connectivity index (χ1) is 11.0. The van der Waals surface area contributed by atoms with Gasteiger partial charge in [0.1, 0.15) is 11.1 Å². The largest absolute Gasteiger partial charge is 0.465 e. The van der Waals surface area contributed by atoms with Crippen molar-refractivity contribution in [3.63, 3.8) is 0 Å². The van der Waals surface area contributed by atoms with E-state index in [1.807, 2.05) is 0 Å². The molecule has 0 N–H and O–H groups in total. The first-order valence-electron chi connectivity index (χ1n) is 6.43. The number of ether oxygens (including phenoxy) is 1. The fourth-order valence-electron chi connectivity index (χ4n) is 2.13. The molecule has 0 saturated carbocycles. The molecule has 116 valence electrons. The van der Waals surface area contributed by atoms with Gasteiger partial charge in [0.15, 0.2) is 5.58 Å². The van der Waals surface area contributed by atoms with Crippen LogP contribution >= 0.6 is 11.6 Å². The van der Waals surface area contributed by atoms with Crippen molar-refractivity contribution in [2.45, 2.75) is 0 Å². The molecule has 23 heavy (non-hydrogen) atoms. The molecule has 8 heteroatoms. The lowest BCUT2D eigenvalue weighted by molar-refractivity contribution is -0.384. The summed E-state index contributed by atoms with van der Waals surface area (Å²) < 4.78 is 10.2. The van der Waals surface area contributed by atoms with E-state index in [1.54, 1.807) is 24.3 Å². The van der Waals surface area contributed by atoms with Gasteiger partial charge in [-0.05, 0) is 18.2 Å². The van der Waals surface area contributed by atoms with Crippen LogP contribution in [0.5, 0.6) is 0 Å². The first-order valence-corrected chi connectivity index (χ1v) is 6.80.